The fourth-order valence-corrected chi connectivity index (χ4v) is 12.6. The molecule has 0 N–H and O–H groups in total. The minimum atomic E-state index is -0.193. The van der Waals surface area contributed by atoms with E-state index in [1.54, 1.807) is 5.57 Å². The van der Waals surface area contributed by atoms with Crippen LogP contribution in [-0.4, -0.2) is 31.9 Å². The molecule has 49 heavy (non-hydrogen) atoms. The van der Waals surface area contributed by atoms with Crippen LogP contribution in [0.15, 0.2) is 42.0 Å². The fraction of sp³-hybridized carbons (Fsp3) is 0.800. The first-order valence-electron chi connectivity index (χ1n) is 20.0. The van der Waals surface area contributed by atoms with Gasteiger partial charge >= 0.3 is 5.97 Å². The zero-order valence-electron chi connectivity index (χ0n) is 33.3. The second kappa shape index (κ2) is 12.8. The molecule has 274 valence electrons. The smallest absolute Gasteiger partial charge is 0.310 e. The van der Waals surface area contributed by atoms with Crippen LogP contribution in [0.25, 0.3) is 0 Å². The molecule has 1 saturated heterocycles. The first-order chi connectivity index (χ1) is 22.9. The third-order valence-corrected chi connectivity index (χ3v) is 16.8. The maximum absolute atomic E-state index is 14.7. The van der Waals surface area contributed by atoms with Crippen molar-refractivity contribution < 1.29 is 19.0 Å². The molecule has 11 atom stereocenters. The SMILES string of the molecule is CC(C)[C@@H](C)[C@@]1(C)CC[C@]2(C)[C@H]3CC[C@@H]4[C@@]5(COC[C@@]4(C)[C@@H](OCC(C)(C)C(C)C)[C@H](C)C5)C3=CC[C@@]2(C)[C@@H]1C(=O)OCc1ccccc1. The number of ether oxygens (including phenoxy) is 3. The molecule has 1 aromatic carbocycles. The Morgan fingerprint density at radius 2 is 1.65 bits per heavy atom. The molecule has 1 heterocycles. The number of rotatable bonds is 9. The number of carbonyl (C=O) groups is 1. The van der Waals surface area contributed by atoms with Crippen LogP contribution >= 0.6 is 0 Å². The van der Waals surface area contributed by atoms with Gasteiger partial charge in [0.15, 0.2) is 0 Å². The number of allylic oxidation sites excluding steroid dienone is 1. The van der Waals surface area contributed by atoms with Crippen molar-refractivity contribution in [3.63, 3.8) is 0 Å². The van der Waals surface area contributed by atoms with Crippen molar-refractivity contribution in [2.75, 3.05) is 19.8 Å². The van der Waals surface area contributed by atoms with Gasteiger partial charge < -0.3 is 14.2 Å². The third kappa shape index (κ3) is 5.62. The van der Waals surface area contributed by atoms with Gasteiger partial charge in [-0.1, -0.05) is 125 Å². The molecule has 0 unspecified atom stereocenters. The number of fused-ring (bicyclic) bond motifs is 3. The monoisotopic (exact) mass is 675 g/mol. The van der Waals surface area contributed by atoms with E-state index < -0.39 is 0 Å². The van der Waals surface area contributed by atoms with Gasteiger partial charge in [-0.3, -0.25) is 4.79 Å². The van der Waals surface area contributed by atoms with Crippen LogP contribution < -0.4 is 0 Å². The van der Waals surface area contributed by atoms with Crippen LogP contribution in [0.2, 0.25) is 0 Å². The number of hydrogen-bond acceptors (Lipinski definition) is 4. The molecule has 0 radical (unpaired) electrons. The minimum absolute atomic E-state index is 0.00193. The largest absolute Gasteiger partial charge is 0.461 e. The van der Waals surface area contributed by atoms with Crippen LogP contribution in [0.5, 0.6) is 0 Å². The highest BCUT2D eigenvalue weighted by Crippen LogP contribution is 2.75. The van der Waals surface area contributed by atoms with Gasteiger partial charge in [0.05, 0.1) is 31.8 Å². The van der Waals surface area contributed by atoms with Crippen LogP contribution in [-0.2, 0) is 25.6 Å². The van der Waals surface area contributed by atoms with E-state index in [1.165, 1.54) is 12.8 Å². The van der Waals surface area contributed by atoms with Crippen molar-refractivity contribution in [2.24, 2.45) is 73.9 Å². The summed E-state index contributed by atoms with van der Waals surface area (Å²) >= 11 is 0. The number of benzene rings is 1. The molecule has 6 rings (SSSR count). The van der Waals surface area contributed by atoms with E-state index in [0.29, 0.717) is 42.1 Å². The Morgan fingerprint density at radius 3 is 2.31 bits per heavy atom. The summed E-state index contributed by atoms with van der Waals surface area (Å²) in [5, 5.41) is 0. The summed E-state index contributed by atoms with van der Waals surface area (Å²) < 4.78 is 20.1. The number of hydrogen-bond donors (Lipinski definition) is 0. The summed E-state index contributed by atoms with van der Waals surface area (Å²) in [6.45, 7) is 31.6. The van der Waals surface area contributed by atoms with Gasteiger partial charge in [-0.2, -0.15) is 0 Å². The van der Waals surface area contributed by atoms with E-state index in [1.807, 2.05) is 18.2 Å². The Morgan fingerprint density at radius 1 is 0.959 bits per heavy atom. The zero-order chi connectivity index (χ0) is 35.8. The van der Waals surface area contributed by atoms with E-state index in [2.05, 4.69) is 101 Å². The fourth-order valence-electron chi connectivity index (χ4n) is 12.6. The van der Waals surface area contributed by atoms with Crippen molar-refractivity contribution in [1.82, 2.24) is 0 Å². The van der Waals surface area contributed by atoms with Crippen LogP contribution in [0.1, 0.15) is 127 Å². The molecule has 3 saturated carbocycles. The Labute approximate surface area is 299 Å². The summed E-state index contributed by atoms with van der Waals surface area (Å²) in [5.41, 5.74) is 2.63. The van der Waals surface area contributed by atoms with Gasteiger partial charge in [0, 0.05) is 10.8 Å². The average molecular weight is 675 g/mol. The molecule has 1 aromatic rings. The van der Waals surface area contributed by atoms with Crippen LogP contribution in [0, 0.1) is 73.9 Å². The van der Waals surface area contributed by atoms with E-state index in [0.717, 1.165) is 51.1 Å². The van der Waals surface area contributed by atoms with Gasteiger partial charge in [-0.05, 0) is 101 Å². The van der Waals surface area contributed by atoms with Crippen molar-refractivity contribution in [3.05, 3.63) is 47.5 Å². The van der Waals surface area contributed by atoms with E-state index in [4.69, 9.17) is 14.2 Å². The first-order valence-corrected chi connectivity index (χ1v) is 20.0. The van der Waals surface area contributed by atoms with Gasteiger partial charge in [-0.15, -0.1) is 0 Å². The molecular formula is C45H70O4. The quantitative estimate of drug-likeness (QED) is 0.193. The number of esters is 1. The third-order valence-electron chi connectivity index (χ3n) is 16.8. The highest BCUT2D eigenvalue weighted by molar-refractivity contribution is 5.75. The Balaban J connectivity index is 1.36. The number of carbonyl (C=O) groups excluding carboxylic acids is 1. The average Bonchev–Trinajstić information content (AvgIpc) is 3.04. The maximum atomic E-state index is 14.7. The molecule has 5 aliphatic rings. The van der Waals surface area contributed by atoms with Crippen molar-refractivity contribution >= 4 is 5.97 Å². The van der Waals surface area contributed by atoms with Gasteiger partial charge in [0.2, 0.25) is 0 Å². The summed E-state index contributed by atoms with van der Waals surface area (Å²) in [5.74, 6) is 2.82. The topological polar surface area (TPSA) is 44.8 Å². The molecule has 4 fully saturated rings. The maximum Gasteiger partial charge on any atom is 0.310 e. The van der Waals surface area contributed by atoms with Crippen molar-refractivity contribution in [2.45, 2.75) is 134 Å². The molecule has 4 aliphatic carbocycles. The lowest BCUT2D eigenvalue weighted by Crippen LogP contribution is -2.69. The predicted molar refractivity (Wildman–Crippen MR) is 200 cm³/mol. The molecule has 0 amide bonds. The molecule has 0 aromatic heterocycles. The van der Waals surface area contributed by atoms with Gasteiger partial charge in [0.1, 0.15) is 6.61 Å². The molecule has 4 nitrogen and oxygen atoms in total. The Hall–Kier alpha value is -1.65. The summed E-state index contributed by atoms with van der Waals surface area (Å²) in [4.78, 5) is 14.7. The summed E-state index contributed by atoms with van der Waals surface area (Å²) in [6, 6.07) is 10.2. The van der Waals surface area contributed by atoms with Crippen LogP contribution in [0.4, 0.5) is 0 Å². The van der Waals surface area contributed by atoms with Crippen molar-refractivity contribution in [3.8, 4) is 0 Å². The Bertz CT molecular complexity index is 1400. The van der Waals surface area contributed by atoms with E-state index in [-0.39, 0.29) is 50.5 Å². The first kappa shape index (κ1) is 37.1. The molecule has 0 spiro atoms. The lowest BCUT2D eigenvalue weighted by molar-refractivity contribution is -0.255. The summed E-state index contributed by atoms with van der Waals surface area (Å²) in [7, 11) is 0. The highest BCUT2D eigenvalue weighted by Gasteiger charge is 2.71. The standard InChI is InChI=1S/C45H70O4/c1-29(2)32(6)41(9)22-23-43(11)34-18-19-36-42(10)27-47-28-45(36,24-31(5)38(42)49-26-40(7,8)30(3)4)35(34)20-21-44(43,12)37(41)39(46)48-25-33-16-14-13-15-17-33/h13-17,20,29-32,34,36-38H,18-19,21-28H2,1-12H3/t31-,32-,34+,36+,37-,38+,41-,42-,43-,44+,45+/m1/s1. The molecule has 4 heteroatoms. The predicted octanol–water partition coefficient (Wildman–Crippen LogP) is 10.9. The van der Waals surface area contributed by atoms with E-state index >= 15 is 0 Å². The van der Waals surface area contributed by atoms with Crippen molar-refractivity contribution in [1.29, 1.82) is 0 Å². The zero-order valence-corrected chi connectivity index (χ0v) is 33.3. The molecule has 1 aliphatic heterocycles. The molecular weight excluding hydrogens is 604 g/mol. The molecule has 2 bridgehead atoms. The van der Waals surface area contributed by atoms with Crippen LogP contribution in [0.3, 0.4) is 0 Å². The highest BCUT2D eigenvalue weighted by atomic mass is 16.5. The minimum Gasteiger partial charge on any atom is -0.461 e. The summed E-state index contributed by atoms with van der Waals surface area (Å²) in [6.07, 6.45) is 9.58. The van der Waals surface area contributed by atoms with Gasteiger partial charge in [0.25, 0.3) is 0 Å². The lowest BCUT2D eigenvalue weighted by Gasteiger charge is -2.71. The van der Waals surface area contributed by atoms with Gasteiger partial charge in [-0.25, -0.2) is 0 Å². The lowest BCUT2D eigenvalue weighted by atomic mass is 9.34. The normalized spacial score (nSPS) is 42.5. The second-order valence-electron chi connectivity index (χ2n) is 20.2. The Kier molecular flexibility index (Phi) is 9.68. The second-order valence-corrected chi connectivity index (χ2v) is 20.2. The van der Waals surface area contributed by atoms with E-state index in [9.17, 15) is 4.79 Å².